The summed E-state index contributed by atoms with van der Waals surface area (Å²) in [5, 5.41) is 2.88. The SMILES string of the molecule is Cc1occc1C(=O)OCC(=O)NC(C)c1ccc2c(c1)CCCC2. The van der Waals surface area contributed by atoms with Crippen LogP contribution in [0.15, 0.2) is 34.9 Å². The van der Waals surface area contributed by atoms with Gasteiger partial charge in [0.15, 0.2) is 6.61 Å². The molecule has 1 aliphatic rings. The quantitative estimate of drug-likeness (QED) is 0.845. The van der Waals surface area contributed by atoms with Gasteiger partial charge in [0.05, 0.1) is 12.3 Å². The first-order valence-electron chi connectivity index (χ1n) is 8.67. The van der Waals surface area contributed by atoms with E-state index in [1.165, 1.54) is 36.3 Å². The second-order valence-electron chi connectivity index (χ2n) is 6.49. The fourth-order valence-electron chi connectivity index (χ4n) is 3.19. The van der Waals surface area contributed by atoms with E-state index in [-0.39, 0.29) is 18.6 Å². The van der Waals surface area contributed by atoms with Crippen molar-refractivity contribution in [2.45, 2.75) is 45.6 Å². The Kier molecular flexibility index (Phi) is 5.22. The van der Waals surface area contributed by atoms with Crippen LogP contribution in [0.25, 0.3) is 0 Å². The lowest BCUT2D eigenvalue weighted by Crippen LogP contribution is -2.31. The highest BCUT2D eigenvalue weighted by atomic mass is 16.5. The van der Waals surface area contributed by atoms with Crippen LogP contribution >= 0.6 is 0 Å². The van der Waals surface area contributed by atoms with Gasteiger partial charge in [-0.15, -0.1) is 0 Å². The smallest absolute Gasteiger partial charge is 0.342 e. The summed E-state index contributed by atoms with van der Waals surface area (Å²) in [5.74, 6) is -0.393. The third-order valence-corrected chi connectivity index (χ3v) is 4.66. The summed E-state index contributed by atoms with van der Waals surface area (Å²) in [4.78, 5) is 23.9. The van der Waals surface area contributed by atoms with Crippen molar-refractivity contribution in [3.8, 4) is 0 Å². The number of hydrogen-bond acceptors (Lipinski definition) is 4. The average molecular weight is 341 g/mol. The molecule has 0 fully saturated rings. The van der Waals surface area contributed by atoms with Gasteiger partial charge in [-0.1, -0.05) is 18.2 Å². The Hall–Kier alpha value is -2.56. The Morgan fingerprint density at radius 2 is 1.96 bits per heavy atom. The van der Waals surface area contributed by atoms with Gasteiger partial charge in [0, 0.05) is 0 Å². The van der Waals surface area contributed by atoms with Crippen molar-refractivity contribution in [3.63, 3.8) is 0 Å². The fourth-order valence-corrected chi connectivity index (χ4v) is 3.19. The van der Waals surface area contributed by atoms with Crippen molar-refractivity contribution in [3.05, 3.63) is 58.5 Å². The number of amides is 1. The van der Waals surface area contributed by atoms with Crippen molar-refractivity contribution in [1.29, 1.82) is 0 Å². The zero-order valence-electron chi connectivity index (χ0n) is 14.6. The lowest BCUT2D eigenvalue weighted by Gasteiger charge is -2.20. The maximum atomic E-state index is 12.1. The van der Waals surface area contributed by atoms with Crippen molar-refractivity contribution >= 4 is 11.9 Å². The van der Waals surface area contributed by atoms with E-state index >= 15 is 0 Å². The van der Waals surface area contributed by atoms with E-state index in [4.69, 9.17) is 9.15 Å². The fraction of sp³-hybridized carbons (Fsp3) is 0.400. The summed E-state index contributed by atoms with van der Waals surface area (Å²) in [7, 11) is 0. The van der Waals surface area contributed by atoms with E-state index in [1.807, 2.05) is 6.92 Å². The minimum absolute atomic E-state index is 0.130. The molecule has 0 saturated carbocycles. The molecule has 1 aromatic carbocycles. The number of aryl methyl sites for hydroxylation is 3. The Morgan fingerprint density at radius 1 is 1.20 bits per heavy atom. The molecule has 0 aliphatic heterocycles. The lowest BCUT2D eigenvalue weighted by molar-refractivity contribution is -0.124. The number of ether oxygens (including phenoxy) is 1. The predicted molar refractivity (Wildman–Crippen MR) is 93.4 cm³/mol. The third kappa shape index (κ3) is 4.10. The summed E-state index contributed by atoms with van der Waals surface area (Å²) >= 11 is 0. The van der Waals surface area contributed by atoms with Crippen LogP contribution in [-0.4, -0.2) is 18.5 Å². The molecule has 5 nitrogen and oxygen atoms in total. The number of benzene rings is 1. The van der Waals surface area contributed by atoms with Gasteiger partial charge in [-0.3, -0.25) is 4.79 Å². The third-order valence-electron chi connectivity index (χ3n) is 4.66. The summed E-state index contributed by atoms with van der Waals surface area (Å²) in [6.07, 6.45) is 6.14. The average Bonchev–Trinajstić information content (AvgIpc) is 3.05. The molecule has 1 atom stereocenters. The Balaban J connectivity index is 1.54. The molecule has 3 rings (SSSR count). The van der Waals surface area contributed by atoms with Gasteiger partial charge in [-0.25, -0.2) is 4.79 Å². The molecule has 1 unspecified atom stereocenters. The summed E-state index contributed by atoms with van der Waals surface area (Å²) in [5.41, 5.74) is 4.21. The molecule has 1 amide bonds. The van der Waals surface area contributed by atoms with Crippen LogP contribution in [-0.2, 0) is 22.4 Å². The second-order valence-corrected chi connectivity index (χ2v) is 6.49. The second kappa shape index (κ2) is 7.55. The highest BCUT2D eigenvalue weighted by Gasteiger charge is 2.17. The Labute approximate surface area is 147 Å². The van der Waals surface area contributed by atoms with Crippen LogP contribution in [0.2, 0.25) is 0 Å². The van der Waals surface area contributed by atoms with Gasteiger partial charge in [0.2, 0.25) is 0 Å². The Bertz CT molecular complexity index is 778. The number of nitrogens with one attached hydrogen (secondary N) is 1. The predicted octanol–water partition coefficient (Wildman–Crippen LogP) is 3.50. The summed E-state index contributed by atoms with van der Waals surface area (Å²) in [6, 6.07) is 7.81. The van der Waals surface area contributed by atoms with Gasteiger partial charge < -0.3 is 14.5 Å². The molecule has 132 valence electrons. The molecule has 1 aliphatic carbocycles. The molecule has 1 heterocycles. The number of carbonyl (C=O) groups is 2. The van der Waals surface area contributed by atoms with Crippen LogP contribution in [0.5, 0.6) is 0 Å². The highest BCUT2D eigenvalue weighted by Crippen LogP contribution is 2.24. The van der Waals surface area contributed by atoms with E-state index in [0.717, 1.165) is 18.4 Å². The minimum Gasteiger partial charge on any atom is -0.469 e. The summed E-state index contributed by atoms with van der Waals surface area (Å²) < 4.78 is 10.1. The van der Waals surface area contributed by atoms with Crippen molar-refractivity contribution in [2.24, 2.45) is 0 Å². The molecule has 1 aromatic heterocycles. The molecule has 1 N–H and O–H groups in total. The molecular weight excluding hydrogens is 318 g/mol. The molecule has 0 spiro atoms. The maximum absolute atomic E-state index is 12.1. The van der Waals surface area contributed by atoms with Gasteiger partial charge in [0.1, 0.15) is 11.3 Å². The first-order valence-corrected chi connectivity index (χ1v) is 8.67. The minimum atomic E-state index is -0.553. The van der Waals surface area contributed by atoms with Crippen LogP contribution in [0.4, 0.5) is 0 Å². The molecule has 25 heavy (non-hydrogen) atoms. The van der Waals surface area contributed by atoms with E-state index in [9.17, 15) is 9.59 Å². The standard InChI is InChI=1S/C20H23NO4/c1-13(16-8-7-15-5-3-4-6-17(15)11-16)21-19(22)12-25-20(23)18-9-10-24-14(18)2/h7-11,13H,3-6,12H2,1-2H3,(H,21,22). The van der Waals surface area contributed by atoms with Crippen molar-refractivity contribution < 1.29 is 18.7 Å². The molecule has 0 bridgehead atoms. The number of carbonyl (C=O) groups excluding carboxylic acids is 2. The highest BCUT2D eigenvalue weighted by molar-refractivity contribution is 5.92. The zero-order chi connectivity index (χ0) is 17.8. The van der Waals surface area contributed by atoms with Gasteiger partial charge in [-0.05, 0) is 62.3 Å². The van der Waals surface area contributed by atoms with Gasteiger partial charge in [0.25, 0.3) is 5.91 Å². The van der Waals surface area contributed by atoms with Crippen LogP contribution in [0.3, 0.4) is 0 Å². The lowest BCUT2D eigenvalue weighted by atomic mass is 9.89. The molecule has 0 radical (unpaired) electrons. The van der Waals surface area contributed by atoms with Crippen LogP contribution in [0.1, 0.15) is 58.6 Å². The largest absolute Gasteiger partial charge is 0.469 e. The number of fused-ring (bicyclic) bond motifs is 1. The number of rotatable bonds is 5. The maximum Gasteiger partial charge on any atom is 0.342 e. The van der Waals surface area contributed by atoms with E-state index in [1.54, 1.807) is 6.92 Å². The van der Waals surface area contributed by atoms with Crippen LogP contribution in [0, 0.1) is 6.92 Å². The topological polar surface area (TPSA) is 68.5 Å². The zero-order valence-corrected chi connectivity index (χ0v) is 14.6. The van der Waals surface area contributed by atoms with Crippen molar-refractivity contribution in [1.82, 2.24) is 5.32 Å². The van der Waals surface area contributed by atoms with Gasteiger partial charge in [-0.2, -0.15) is 0 Å². The molecule has 5 heteroatoms. The monoisotopic (exact) mass is 341 g/mol. The van der Waals surface area contributed by atoms with Gasteiger partial charge >= 0.3 is 5.97 Å². The van der Waals surface area contributed by atoms with E-state index in [0.29, 0.717) is 11.3 Å². The Morgan fingerprint density at radius 3 is 2.68 bits per heavy atom. The van der Waals surface area contributed by atoms with E-state index < -0.39 is 5.97 Å². The normalized spacial score (nSPS) is 14.5. The summed E-state index contributed by atoms with van der Waals surface area (Å²) in [6.45, 7) is 3.30. The number of furan rings is 1. The first-order chi connectivity index (χ1) is 12.0. The van der Waals surface area contributed by atoms with Crippen LogP contribution < -0.4 is 5.32 Å². The molecule has 0 saturated heterocycles. The first kappa shape index (κ1) is 17.3. The van der Waals surface area contributed by atoms with Crippen molar-refractivity contribution in [2.75, 3.05) is 6.61 Å². The number of hydrogen-bond donors (Lipinski definition) is 1. The number of esters is 1. The van der Waals surface area contributed by atoms with E-state index in [2.05, 4.69) is 23.5 Å². The molecular formula is C20H23NO4. The molecule has 2 aromatic rings.